The summed E-state index contributed by atoms with van der Waals surface area (Å²) in [5.74, 6) is -1.60. The van der Waals surface area contributed by atoms with Crippen molar-refractivity contribution in [2.75, 3.05) is 19.6 Å². The fraction of sp³-hybridized carbons (Fsp3) is 0.522. The predicted octanol–water partition coefficient (Wildman–Crippen LogP) is -0.860. The number of guanidine groups is 1. The highest BCUT2D eigenvalue weighted by atomic mass is 16.2. The molecule has 2 unspecified atom stereocenters. The minimum Gasteiger partial charge on any atom is -0.370 e. The summed E-state index contributed by atoms with van der Waals surface area (Å²) < 4.78 is 0. The van der Waals surface area contributed by atoms with Gasteiger partial charge in [0.15, 0.2) is 5.96 Å². The second-order valence-electron chi connectivity index (χ2n) is 8.42. The predicted molar refractivity (Wildman–Crippen MR) is 128 cm³/mol. The van der Waals surface area contributed by atoms with Crippen LogP contribution < -0.4 is 27.8 Å². The fourth-order valence-electron chi connectivity index (χ4n) is 3.85. The van der Waals surface area contributed by atoms with Gasteiger partial charge in [-0.2, -0.15) is 0 Å². The molecule has 34 heavy (non-hydrogen) atoms. The van der Waals surface area contributed by atoms with E-state index in [-0.39, 0.29) is 50.1 Å². The van der Waals surface area contributed by atoms with E-state index in [4.69, 9.17) is 17.2 Å². The molecule has 0 radical (unpaired) electrons. The Morgan fingerprint density at radius 2 is 1.65 bits per heavy atom. The van der Waals surface area contributed by atoms with Crippen LogP contribution in [0.15, 0.2) is 35.3 Å². The normalized spacial score (nSPS) is 20.2. The molecule has 4 amide bonds. The van der Waals surface area contributed by atoms with Gasteiger partial charge < -0.3 is 32.7 Å². The summed E-state index contributed by atoms with van der Waals surface area (Å²) in [4.78, 5) is 55.5. The summed E-state index contributed by atoms with van der Waals surface area (Å²) in [7, 11) is 0. The van der Waals surface area contributed by atoms with E-state index in [9.17, 15) is 19.2 Å². The zero-order valence-corrected chi connectivity index (χ0v) is 19.4. The first-order valence-corrected chi connectivity index (χ1v) is 11.5. The minimum absolute atomic E-state index is 0.0241. The standard InChI is InChI=1S/C23H35N7O4/c24-19(31)15-30-14-17(9-6-12-27-23(25)26)28-20(32)10-4-5-11-21(33)29-18(22(30)34)13-16-7-2-1-3-8-16/h1-3,7-8,17-18H,4-6,9-15H2,(H2,24,31)(H,28,32)(H,29,33)(H4,25,26,27). The van der Waals surface area contributed by atoms with E-state index in [0.717, 1.165) is 5.56 Å². The summed E-state index contributed by atoms with van der Waals surface area (Å²) in [5, 5.41) is 5.76. The molecule has 11 heteroatoms. The average molecular weight is 474 g/mol. The molecule has 0 saturated carbocycles. The van der Waals surface area contributed by atoms with Crippen molar-refractivity contribution in [2.24, 2.45) is 22.2 Å². The molecule has 0 aliphatic carbocycles. The number of benzene rings is 1. The molecule has 1 aromatic rings. The molecule has 0 aromatic heterocycles. The van der Waals surface area contributed by atoms with Crippen molar-refractivity contribution >= 4 is 29.6 Å². The van der Waals surface area contributed by atoms with Crippen molar-refractivity contribution in [1.82, 2.24) is 15.5 Å². The molecule has 1 aliphatic heterocycles. The van der Waals surface area contributed by atoms with Gasteiger partial charge in [-0.1, -0.05) is 30.3 Å². The van der Waals surface area contributed by atoms with Crippen molar-refractivity contribution in [3.63, 3.8) is 0 Å². The minimum atomic E-state index is -0.868. The highest BCUT2D eigenvalue weighted by Crippen LogP contribution is 2.11. The van der Waals surface area contributed by atoms with Gasteiger partial charge in [-0.3, -0.25) is 24.2 Å². The number of nitrogens with one attached hydrogen (secondary N) is 2. The van der Waals surface area contributed by atoms with Gasteiger partial charge in [0.1, 0.15) is 6.04 Å². The van der Waals surface area contributed by atoms with Crippen molar-refractivity contribution in [3.8, 4) is 0 Å². The number of amides is 4. The van der Waals surface area contributed by atoms with Crippen LogP contribution in [0.3, 0.4) is 0 Å². The number of nitrogens with two attached hydrogens (primary N) is 3. The molecular weight excluding hydrogens is 438 g/mol. The number of hydrogen-bond donors (Lipinski definition) is 5. The van der Waals surface area contributed by atoms with Crippen LogP contribution in [0.4, 0.5) is 0 Å². The number of nitrogens with zero attached hydrogens (tertiary/aromatic N) is 2. The van der Waals surface area contributed by atoms with E-state index in [1.807, 2.05) is 30.3 Å². The Kier molecular flexibility index (Phi) is 10.8. The van der Waals surface area contributed by atoms with Crippen LogP contribution in [0.2, 0.25) is 0 Å². The van der Waals surface area contributed by atoms with Gasteiger partial charge in [-0.05, 0) is 31.2 Å². The zero-order valence-electron chi connectivity index (χ0n) is 19.4. The molecule has 1 saturated heterocycles. The van der Waals surface area contributed by atoms with Crippen molar-refractivity contribution in [2.45, 2.75) is 57.0 Å². The Bertz CT molecular complexity index is 871. The summed E-state index contributed by atoms with van der Waals surface area (Å²) in [5.41, 5.74) is 17.0. The second kappa shape index (κ2) is 13.8. The van der Waals surface area contributed by atoms with E-state index in [2.05, 4.69) is 15.6 Å². The molecule has 1 fully saturated rings. The number of aliphatic imine (C=N–C) groups is 1. The van der Waals surface area contributed by atoms with E-state index in [0.29, 0.717) is 32.2 Å². The fourth-order valence-corrected chi connectivity index (χ4v) is 3.85. The number of carbonyl (C=O) groups is 4. The summed E-state index contributed by atoms with van der Waals surface area (Å²) in [6, 6.07) is 8.00. The van der Waals surface area contributed by atoms with Gasteiger partial charge in [0.05, 0.1) is 6.54 Å². The van der Waals surface area contributed by atoms with Gasteiger partial charge in [-0.15, -0.1) is 0 Å². The number of rotatable bonds is 8. The molecule has 186 valence electrons. The summed E-state index contributed by atoms with van der Waals surface area (Å²) >= 11 is 0. The maximum atomic E-state index is 13.5. The molecule has 1 heterocycles. The van der Waals surface area contributed by atoms with Gasteiger partial charge in [0, 0.05) is 38.4 Å². The Morgan fingerprint density at radius 3 is 2.26 bits per heavy atom. The van der Waals surface area contributed by atoms with E-state index in [1.54, 1.807) is 0 Å². The Morgan fingerprint density at radius 1 is 1.00 bits per heavy atom. The summed E-state index contributed by atoms with van der Waals surface area (Å²) in [6.45, 7) is 0.0991. The smallest absolute Gasteiger partial charge is 0.246 e. The SMILES string of the molecule is NC(=O)CN1CC(CCCN=C(N)N)NC(=O)CCCCC(=O)NC(Cc2ccccc2)C1=O. The lowest BCUT2D eigenvalue weighted by Gasteiger charge is -2.30. The molecule has 0 bridgehead atoms. The van der Waals surface area contributed by atoms with Crippen LogP contribution in [0.5, 0.6) is 0 Å². The highest BCUT2D eigenvalue weighted by molar-refractivity contribution is 5.90. The zero-order chi connectivity index (χ0) is 24.9. The number of hydrogen-bond acceptors (Lipinski definition) is 5. The lowest BCUT2D eigenvalue weighted by molar-refractivity contribution is -0.139. The summed E-state index contributed by atoms with van der Waals surface area (Å²) in [6.07, 6.45) is 2.83. The van der Waals surface area contributed by atoms with Crippen LogP contribution in [0, 0.1) is 0 Å². The Balaban J connectivity index is 2.28. The van der Waals surface area contributed by atoms with Crippen LogP contribution in [-0.2, 0) is 25.6 Å². The molecule has 0 spiro atoms. The van der Waals surface area contributed by atoms with E-state index < -0.39 is 23.9 Å². The monoisotopic (exact) mass is 473 g/mol. The van der Waals surface area contributed by atoms with Gasteiger partial charge in [0.2, 0.25) is 23.6 Å². The second-order valence-corrected chi connectivity index (χ2v) is 8.42. The third-order valence-electron chi connectivity index (χ3n) is 5.44. The van der Waals surface area contributed by atoms with Gasteiger partial charge >= 0.3 is 0 Å². The molecular formula is C23H35N7O4. The van der Waals surface area contributed by atoms with Gasteiger partial charge in [-0.25, -0.2) is 0 Å². The molecule has 11 nitrogen and oxygen atoms in total. The highest BCUT2D eigenvalue weighted by Gasteiger charge is 2.29. The molecule has 2 rings (SSSR count). The van der Waals surface area contributed by atoms with Crippen LogP contribution >= 0.6 is 0 Å². The molecule has 1 aromatic carbocycles. The third kappa shape index (κ3) is 9.88. The van der Waals surface area contributed by atoms with Crippen molar-refractivity contribution < 1.29 is 19.2 Å². The first-order valence-electron chi connectivity index (χ1n) is 11.5. The van der Waals surface area contributed by atoms with Crippen LogP contribution in [0.25, 0.3) is 0 Å². The third-order valence-corrected chi connectivity index (χ3v) is 5.44. The van der Waals surface area contributed by atoms with E-state index >= 15 is 0 Å². The lowest BCUT2D eigenvalue weighted by atomic mass is 10.0. The molecule has 8 N–H and O–H groups in total. The first-order chi connectivity index (χ1) is 16.2. The van der Waals surface area contributed by atoms with E-state index in [1.165, 1.54) is 4.90 Å². The molecule has 1 aliphatic rings. The van der Waals surface area contributed by atoms with Gasteiger partial charge in [0.25, 0.3) is 0 Å². The lowest BCUT2D eigenvalue weighted by Crippen LogP contribution is -2.55. The van der Waals surface area contributed by atoms with Crippen LogP contribution in [0.1, 0.15) is 44.1 Å². The van der Waals surface area contributed by atoms with Crippen molar-refractivity contribution in [1.29, 1.82) is 0 Å². The van der Waals surface area contributed by atoms with Crippen molar-refractivity contribution in [3.05, 3.63) is 35.9 Å². The quantitative estimate of drug-likeness (QED) is 0.186. The largest absolute Gasteiger partial charge is 0.370 e. The Hall–Kier alpha value is -3.63. The number of carbonyl (C=O) groups excluding carboxylic acids is 4. The van der Waals surface area contributed by atoms with Crippen LogP contribution in [-0.4, -0.2) is 66.2 Å². The first kappa shape index (κ1) is 26.6. The number of primary amides is 1. The molecule has 2 atom stereocenters. The maximum Gasteiger partial charge on any atom is 0.246 e. The average Bonchev–Trinajstić information content (AvgIpc) is 2.78. The Labute approximate surface area is 199 Å². The topological polar surface area (TPSA) is 186 Å². The maximum absolute atomic E-state index is 13.5.